The van der Waals surface area contributed by atoms with Crippen LogP contribution in [0, 0.1) is 11.8 Å². The van der Waals surface area contributed by atoms with Crippen molar-refractivity contribution in [2.45, 2.75) is 46.5 Å². The van der Waals surface area contributed by atoms with Gasteiger partial charge in [0.1, 0.15) is 5.70 Å². The fourth-order valence-electron chi connectivity index (χ4n) is 4.22. The van der Waals surface area contributed by atoms with E-state index in [1.54, 1.807) is 0 Å². The van der Waals surface area contributed by atoms with E-state index in [9.17, 15) is 9.59 Å². The third-order valence-electron chi connectivity index (χ3n) is 5.41. The lowest BCUT2D eigenvalue weighted by atomic mass is 9.91. The number of carbonyl (C=O) groups is 2. The highest BCUT2D eigenvalue weighted by Gasteiger charge is 2.42. The van der Waals surface area contributed by atoms with Crippen molar-refractivity contribution in [1.82, 2.24) is 9.80 Å². The van der Waals surface area contributed by atoms with E-state index in [0.717, 1.165) is 37.4 Å². The predicted octanol–water partition coefficient (Wildman–Crippen LogP) is 4.01. The summed E-state index contributed by atoms with van der Waals surface area (Å²) in [6.07, 6.45) is 3.99. The first-order valence-electron chi connectivity index (χ1n) is 10.5. The Morgan fingerprint density at radius 3 is 2.46 bits per heavy atom. The van der Waals surface area contributed by atoms with Gasteiger partial charge in [-0.1, -0.05) is 33.3 Å². The van der Waals surface area contributed by atoms with Crippen LogP contribution in [0.15, 0.2) is 23.2 Å². The third kappa shape index (κ3) is 4.66. The van der Waals surface area contributed by atoms with Crippen LogP contribution >= 0.6 is 11.3 Å². The first-order chi connectivity index (χ1) is 13.5. The molecule has 1 aromatic heterocycles. The van der Waals surface area contributed by atoms with E-state index in [1.165, 1.54) is 22.7 Å². The summed E-state index contributed by atoms with van der Waals surface area (Å²) in [4.78, 5) is 30.9. The van der Waals surface area contributed by atoms with Gasteiger partial charge in [0, 0.05) is 37.7 Å². The van der Waals surface area contributed by atoms with E-state index >= 15 is 0 Å². The molecule has 2 atom stereocenters. The molecule has 0 radical (unpaired) electrons. The van der Waals surface area contributed by atoms with Crippen molar-refractivity contribution in [2.75, 3.05) is 32.8 Å². The first kappa shape index (κ1) is 21.1. The molecule has 3 heterocycles. The lowest BCUT2D eigenvalue weighted by Gasteiger charge is -2.37. The highest BCUT2D eigenvalue weighted by molar-refractivity contribution is 7.11. The standard InChI is InChI=1S/C22H32N2O3S/c1-4-5-10-27-11-7-9-24-21(25)19(18-8-6-12-28-18)20(22(24)26)23-14-16(2)13-17(3)15-23/h6,8,12,16-17H,4-5,7,9-11,13-15H2,1-3H3. The van der Waals surface area contributed by atoms with Gasteiger partial charge in [0.15, 0.2) is 0 Å². The predicted molar refractivity (Wildman–Crippen MR) is 113 cm³/mol. The maximum Gasteiger partial charge on any atom is 0.277 e. The third-order valence-corrected chi connectivity index (χ3v) is 6.30. The Bertz CT molecular complexity index is 703. The normalized spacial score (nSPS) is 23.2. The van der Waals surface area contributed by atoms with Crippen LogP contribution in [0.1, 0.15) is 51.3 Å². The van der Waals surface area contributed by atoms with Gasteiger partial charge in [0.25, 0.3) is 11.8 Å². The number of carbonyl (C=O) groups excluding carboxylic acids is 2. The van der Waals surface area contributed by atoms with Crippen LogP contribution in [0.5, 0.6) is 0 Å². The summed E-state index contributed by atoms with van der Waals surface area (Å²) in [5.41, 5.74) is 1.20. The smallest absolute Gasteiger partial charge is 0.277 e. The maximum atomic E-state index is 13.3. The summed E-state index contributed by atoms with van der Waals surface area (Å²) in [5.74, 6) is 0.750. The van der Waals surface area contributed by atoms with Crippen LogP contribution in [0.4, 0.5) is 0 Å². The second kappa shape index (κ2) is 9.70. The SMILES string of the molecule is CCCCOCCCN1C(=O)C(c2cccs2)=C(N2CC(C)CC(C)C2)C1=O. The molecule has 0 saturated carbocycles. The van der Waals surface area contributed by atoms with E-state index in [2.05, 4.69) is 25.7 Å². The number of rotatable bonds is 9. The summed E-state index contributed by atoms with van der Waals surface area (Å²) >= 11 is 1.53. The Hall–Kier alpha value is -1.66. The Morgan fingerprint density at radius 2 is 1.82 bits per heavy atom. The van der Waals surface area contributed by atoms with Gasteiger partial charge in [-0.2, -0.15) is 0 Å². The molecule has 0 bridgehead atoms. The van der Waals surface area contributed by atoms with Gasteiger partial charge >= 0.3 is 0 Å². The van der Waals surface area contributed by atoms with Crippen LogP contribution in [-0.4, -0.2) is 54.5 Å². The van der Waals surface area contributed by atoms with Gasteiger partial charge in [0.05, 0.1) is 5.57 Å². The highest BCUT2D eigenvalue weighted by atomic mass is 32.1. The molecule has 28 heavy (non-hydrogen) atoms. The number of hydrogen-bond acceptors (Lipinski definition) is 5. The molecule has 0 spiro atoms. The number of ether oxygens (including phenoxy) is 1. The van der Waals surface area contributed by atoms with Crippen molar-refractivity contribution < 1.29 is 14.3 Å². The molecule has 6 heteroatoms. The highest BCUT2D eigenvalue weighted by Crippen LogP contribution is 2.36. The summed E-state index contributed by atoms with van der Waals surface area (Å²) < 4.78 is 5.60. The minimum Gasteiger partial charge on any atom is -0.381 e. The molecule has 0 N–H and O–H groups in total. The zero-order valence-electron chi connectivity index (χ0n) is 17.3. The number of hydrogen-bond donors (Lipinski definition) is 0. The van der Waals surface area contributed by atoms with Gasteiger partial charge in [-0.15, -0.1) is 11.3 Å². The van der Waals surface area contributed by atoms with Crippen molar-refractivity contribution in [2.24, 2.45) is 11.8 Å². The van der Waals surface area contributed by atoms with Crippen molar-refractivity contribution >= 4 is 28.7 Å². The van der Waals surface area contributed by atoms with Crippen LogP contribution in [0.3, 0.4) is 0 Å². The van der Waals surface area contributed by atoms with Gasteiger partial charge < -0.3 is 9.64 Å². The number of thiophene rings is 1. The number of unbranched alkanes of at least 4 members (excludes halogenated alkanes) is 1. The second-order valence-electron chi connectivity index (χ2n) is 8.13. The molecule has 3 rings (SSSR count). The van der Waals surface area contributed by atoms with Gasteiger partial charge in [-0.3, -0.25) is 14.5 Å². The Balaban J connectivity index is 1.76. The minimum atomic E-state index is -0.151. The monoisotopic (exact) mass is 404 g/mol. The molecule has 2 aliphatic rings. The summed E-state index contributed by atoms with van der Waals surface area (Å²) in [7, 11) is 0. The number of piperidine rings is 1. The lowest BCUT2D eigenvalue weighted by Crippen LogP contribution is -2.42. The Kier molecular flexibility index (Phi) is 7.30. The Labute approximate surface area is 172 Å². The number of nitrogens with zero attached hydrogens (tertiary/aromatic N) is 2. The summed E-state index contributed by atoms with van der Waals surface area (Å²) in [5, 5.41) is 1.96. The van der Waals surface area contributed by atoms with E-state index in [1.807, 2.05) is 17.5 Å². The van der Waals surface area contributed by atoms with Gasteiger partial charge in [-0.05, 0) is 42.5 Å². The summed E-state index contributed by atoms with van der Waals surface area (Å²) in [6, 6.07) is 3.88. The van der Waals surface area contributed by atoms with E-state index in [0.29, 0.717) is 42.7 Å². The van der Waals surface area contributed by atoms with Crippen LogP contribution < -0.4 is 0 Å². The maximum absolute atomic E-state index is 13.3. The second-order valence-corrected chi connectivity index (χ2v) is 9.08. The topological polar surface area (TPSA) is 49.9 Å². The summed E-state index contributed by atoms with van der Waals surface area (Å²) in [6.45, 7) is 9.99. The fraction of sp³-hybridized carbons (Fsp3) is 0.636. The van der Waals surface area contributed by atoms with Crippen molar-refractivity contribution in [3.63, 3.8) is 0 Å². The molecular formula is C22H32N2O3S. The minimum absolute atomic E-state index is 0.136. The van der Waals surface area contributed by atoms with Crippen LogP contribution in [0.2, 0.25) is 0 Å². The molecule has 2 unspecified atom stereocenters. The average molecular weight is 405 g/mol. The zero-order valence-corrected chi connectivity index (χ0v) is 18.1. The largest absolute Gasteiger partial charge is 0.381 e. The molecule has 0 aromatic carbocycles. The molecular weight excluding hydrogens is 372 g/mol. The number of imide groups is 1. The van der Waals surface area contributed by atoms with Crippen LogP contribution in [-0.2, 0) is 14.3 Å². The Morgan fingerprint density at radius 1 is 1.11 bits per heavy atom. The average Bonchev–Trinajstić information content (AvgIpc) is 3.25. The zero-order chi connectivity index (χ0) is 20.1. The van der Waals surface area contributed by atoms with Crippen LogP contribution in [0.25, 0.3) is 5.57 Å². The molecule has 2 amide bonds. The molecule has 5 nitrogen and oxygen atoms in total. The molecule has 2 aliphatic heterocycles. The van der Waals surface area contributed by atoms with Crippen molar-refractivity contribution in [3.05, 3.63) is 28.1 Å². The van der Waals surface area contributed by atoms with E-state index in [4.69, 9.17) is 4.74 Å². The molecule has 154 valence electrons. The van der Waals surface area contributed by atoms with Gasteiger partial charge in [-0.25, -0.2) is 0 Å². The molecule has 1 fully saturated rings. The molecule has 1 saturated heterocycles. The number of amides is 2. The quantitative estimate of drug-likeness (QED) is 0.461. The molecule has 0 aliphatic carbocycles. The number of likely N-dealkylation sites (tertiary alicyclic amines) is 1. The van der Waals surface area contributed by atoms with Crippen molar-refractivity contribution in [3.8, 4) is 0 Å². The van der Waals surface area contributed by atoms with E-state index in [-0.39, 0.29) is 11.8 Å². The molecule has 1 aromatic rings. The lowest BCUT2D eigenvalue weighted by molar-refractivity contribution is -0.137. The first-order valence-corrected chi connectivity index (χ1v) is 11.4. The van der Waals surface area contributed by atoms with Crippen molar-refractivity contribution in [1.29, 1.82) is 0 Å². The van der Waals surface area contributed by atoms with Gasteiger partial charge in [0.2, 0.25) is 0 Å². The fourth-order valence-corrected chi connectivity index (χ4v) is 4.98. The van der Waals surface area contributed by atoms with E-state index < -0.39 is 0 Å².